The summed E-state index contributed by atoms with van der Waals surface area (Å²) in [5.41, 5.74) is 1.79. The number of fused-ring (bicyclic) bond motifs is 1. The van der Waals surface area contributed by atoms with Crippen LogP contribution in [0.3, 0.4) is 0 Å². The third-order valence-corrected chi connectivity index (χ3v) is 4.75. The van der Waals surface area contributed by atoms with Crippen LogP contribution in [0.4, 0.5) is 11.4 Å². The fourth-order valence-corrected chi connectivity index (χ4v) is 3.22. The molecule has 6 nitrogen and oxygen atoms in total. The first-order chi connectivity index (χ1) is 13.8. The van der Waals surface area contributed by atoms with E-state index in [1.807, 2.05) is 58.0 Å². The molecular weight excluding hydrogens is 368 g/mol. The van der Waals surface area contributed by atoms with Gasteiger partial charge in [0.25, 0.3) is 5.91 Å². The summed E-state index contributed by atoms with van der Waals surface area (Å²) in [6.45, 7) is 8.59. The largest absolute Gasteiger partial charge is 0.490 e. The number of benzene rings is 2. The zero-order valence-corrected chi connectivity index (χ0v) is 17.5. The van der Waals surface area contributed by atoms with Crippen molar-refractivity contribution in [2.24, 2.45) is 5.41 Å². The highest BCUT2D eigenvalue weighted by atomic mass is 16.5. The van der Waals surface area contributed by atoms with E-state index in [9.17, 15) is 9.59 Å². The summed E-state index contributed by atoms with van der Waals surface area (Å²) in [7, 11) is 0. The van der Waals surface area contributed by atoms with Crippen molar-refractivity contribution in [2.45, 2.75) is 34.1 Å². The fraction of sp³-hybridized carbons (Fsp3) is 0.391. The number of rotatable bonds is 6. The Morgan fingerprint density at radius 3 is 2.76 bits per heavy atom. The Labute approximate surface area is 171 Å². The molecule has 2 aromatic rings. The monoisotopic (exact) mass is 396 g/mol. The standard InChI is InChI=1S/C23H28N2O4/c1-5-11-25-19-10-9-17(13-20(19)29-15-23(3,4)22(25)27)24-21(26)14-28-18-8-6-7-16(2)12-18/h6-10,12-13H,5,11,14-15H2,1-4H3,(H,24,26). The predicted octanol–water partition coefficient (Wildman–Crippen LogP) is 4.17. The SMILES string of the molecule is CCCN1C(=O)C(C)(C)COc2cc(NC(=O)COc3cccc(C)c3)ccc21. The lowest BCUT2D eigenvalue weighted by molar-refractivity contribution is -0.127. The summed E-state index contributed by atoms with van der Waals surface area (Å²) >= 11 is 0. The van der Waals surface area contributed by atoms with Gasteiger partial charge in [0.1, 0.15) is 18.1 Å². The van der Waals surface area contributed by atoms with Gasteiger partial charge in [-0.2, -0.15) is 0 Å². The summed E-state index contributed by atoms with van der Waals surface area (Å²) < 4.78 is 11.5. The molecule has 6 heteroatoms. The molecule has 0 unspecified atom stereocenters. The van der Waals surface area contributed by atoms with Crippen molar-refractivity contribution in [3.05, 3.63) is 48.0 Å². The van der Waals surface area contributed by atoms with Gasteiger partial charge in [-0.25, -0.2) is 0 Å². The quantitative estimate of drug-likeness (QED) is 0.796. The average Bonchev–Trinajstić information content (AvgIpc) is 2.77. The molecule has 1 heterocycles. The van der Waals surface area contributed by atoms with Crippen LogP contribution < -0.4 is 19.7 Å². The topological polar surface area (TPSA) is 67.9 Å². The fourth-order valence-electron chi connectivity index (χ4n) is 3.22. The van der Waals surface area contributed by atoms with Gasteiger partial charge in [-0.1, -0.05) is 19.1 Å². The molecule has 0 saturated heterocycles. The highest BCUT2D eigenvalue weighted by Gasteiger charge is 2.37. The van der Waals surface area contributed by atoms with Crippen LogP contribution in [0, 0.1) is 12.3 Å². The number of carbonyl (C=O) groups excluding carboxylic acids is 2. The molecule has 0 aliphatic carbocycles. The van der Waals surface area contributed by atoms with Gasteiger partial charge >= 0.3 is 0 Å². The molecular formula is C23H28N2O4. The Balaban J connectivity index is 1.72. The molecule has 0 saturated carbocycles. The van der Waals surface area contributed by atoms with Gasteiger partial charge in [0, 0.05) is 18.3 Å². The minimum atomic E-state index is -0.612. The van der Waals surface area contributed by atoms with Crippen molar-refractivity contribution < 1.29 is 19.1 Å². The van der Waals surface area contributed by atoms with Crippen molar-refractivity contribution in [3.8, 4) is 11.5 Å². The highest BCUT2D eigenvalue weighted by Crippen LogP contribution is 2.38. The maximum absolute atomic E-state index is 12.9. The lowest BCUT2D eigenvalue weighted by atomic mass is 9.93. The number of anilines is 2. The molecule has 3 rings (SSSR count). The lowest BCUT2D eigenvalue weighted by Gasteiger charge is -2.27. The van der Waals surface area contributed by atoms with Crippen LogP contribution in [-0.2, 0) is 9.59 Å². The van der Waals surface area contributed by atoms with E-state index in [0.717, 1.165) is 17.7 Å². The number of nitrogens with one attached hydrogen (secondary N) is 1. The Bertz CT molecular complexity index is 908. The predicted molar refractivity (Wildman–Crippen MR) is 114 cm³/mol. The second kappa shape index (κ2) is 8.55. The van der Waals surface area contributed by atoms with Crippen molar-refractivity contribution >= 4 is 23.2 Å². The molecule has 1 aliphatic heterocycles. The average molecular weight is 396 g/mol. The first-order valence-electron chi connectivity index (χ1n) is 9.88. The van der Waals surface area contributed by atoms with Crippen molar-refractivity contribution in [1.82, 2.24) is 0 Å². The van der Waals surface area contributed by atoms with Crippen LogP contribution in [0.5, 0.6) is 11.5 Å². The van der Waals surface area contributed by atoms with Gasteiger partial charge < -0.3 is 19.7 Å². The molecule has 1 aliphatic rings. The van der Waals surface area contributed by atoms with E-state index in [-0.39, 0.29) is 25.0 Å². The molecule has 0 radical (unpaired) electrons. The maximum Gasteiger partial charge on any atom is 0.262 e. The van der Waals surface area contributed by atoms with Gasteiger partial charge in [0.2, 0.25) is 5.91 Å². The van der Waals surface area contributed by atoms with E-state index in [0.29, 0.717) is 23.7 Å². The first kappa shape index (κ1) is 20.7. The van der Waals surface area contributed by atoms with Crippen LogP contribution in [0.15, 0.2) is 42.5 Å². The number of hydrogen-bond donors (Lipinski definition) is 1. The molecule has 0 aromatic heterocycles. The van der Waals surface area contributed by atoms with Crippen LogP contribution in [0.1, 0.15) is 32.8 Å². The zero-order valence-electron chi connectivity index (χ0n) is 17.5. The number of hydrogen-bond acceptors (Lipinski definition) is 4. The third kappa shape index (κ3) is 4.88. The lowest BCUT2D eigenvalue weighted by Crippen LogP contribution is -2.42. The van der Waals surface area contributed by atoms with Gasteiger partial charge in [-0.15, -0.1) is 0 Å². The first-order valence-corrected chi connectivity index (χ1v) is 9.88. The van der Waals surface area contributed by atoms with Crippen molar-refractivity contribution in [1.29, 1.82) is 0 Å². The van der Waals surface area contributed by atoms with Crippen LogP contribution in [0.2, 0.25) is 0 Å². The van der Waals surface area contributed by atoms with Gasteiger partial charge in [-0.3, -0.25) is 9.59 Å². The number of aryl methyl sites for hydroxylation is 1. The summed E-state index contributed by atoms with van der Waals surface area (Å²) in [4.78, 5) is 26.9. The summed E-state index contributed by atoms with van der Waals surface area (Å²) in [6, 6.07) is 12.9. The van der Waals surface area contributed by atoms with E-state index in [2.05, 4.69) is 5.32 Å². The molecule has 0 atom stereocenters. The van der Waals surface area contributed by atoms with E-state index in [1.165, 1.54) is 0 Å². The number of nitrogens with zero attached hydrogens (tertiary/aromatic N) is 1. The normalized spacial score (nSPS) is 15.2. The number of amides is 2. The Kier molecular flexibility index (Phi) is 6.11. The smallest absolute Gasteiger partial charge is 0.262 e. The van der Waals surface area contributed by atoms with Gasteiger partial charge in [-0.05, 0) is 57.0 Å². The van der Waals surface area contributed by atoms with Crippen LogP contribution >= 0.6 is 0 Å². The Morgan fingerprint density at radius 1 is 1.24 bits per heavy atom. The molecule has 0 bridgehead atoms. The second-order valence-electron chi connectivity index (χ2n) is 7.97. The van der Waals surface area contributed by atoms with Crippen molar-refractivity contribution in [2.75, 3.05) is 30.0 Å². The van der Waals surface area contributed by atoms with Crippen LogP contribution in [-0.4, -0.2) is 31.6 Å². The molecule has 154 valence electrons. The molecule has 0 spiro atoms. The second-order valence-corrected chi connectivity index (χ2v) is 7.97. The molecule has 1 N–H and O–H groups in total. The van der Waals surface area contributed by atoms with E-state index in [4.69, 9.17) is 9.47 Å². The Hall–Kier alpha value is -3.02. The van der Waals surface area contributed by atoms with Gasteiger partial charge in [0.05, 0.1) is 11.1 Å². The number of ether oxygens (including phenoxy) is 2. The summed E-state index contributed by atoms with van der Waals surface area (Å²) in [5.74, 6) is 1.03. The summed E-state index contributed by atoms with van der Waals surface area (Å²) in [6.07, 6.45) is 0.843. The van der Waals surface area contributed by atoms with Crippen molar-refractivity contribution in [3.63, 3.8) is 0 Å². The minimum Gasteiger partial charge on any atom is -0.490 e. The van der Waals surface area contributed by atoms with E-state index in [1.54, 1.807) is 17.0 Å². The molecule has 2 amide bonds. The molecule has 29 heavy (non-hydrogen) atoms. The summed E-state index contributed by atoms with van der Waals surface area (Å²) in [5, 5.41) is 2.83. The molecule has 2 aromatic carbocycles. The van der Waals surface area contributed by atoms with E-state index < -0.39 is 5.41 Å². The molecule has 0 fully saturated rings. The van der Waals surface area contributed by atoms with Crippen LogP contribution in [0.25, 0.3) is 0 Å². The van der Waals surface area contributed by atoms with Gasteiger partial charge in [0.15, 0.2) is 6.61 Å². The minimum absolute atomic E-state index is 0.0430. The number of carbonyl (C=O) groups is 2. The zero-order chi connectivity index (χ0) is 21.0. The highest BCUT2D eigenvalue weighted by molar-refractivity contribution is 6.00. The Morgan fingerprint density at radius 2 is 2.03 bits per heavy atom. The van der Waals surface area contributed by atoms with E-state index >= 15 is 0 Å². The maximum atomic E-state index is 12.9. The third-order valence-electron chi connectivity index (χ3n) is 4.75.